The number of benzene rings is 2. The zero-order valence-corrected chi connectivity index (χ0v) is 13.5. The molecule has 23 heavy (non-hydrogen) atoms. The molecule has 0 bridgehead atoms. The Morgan fingerprint density at radius 3 is 2.35 bits per heavy atom. The third kappa shape index (κ3) is 2.86. The first-order valence-electron chi connectivity index (χ1n) is 7.44. The third-order valence-electron chi connectivity index (χ3n) is 4.09. The lowest BCUT2D eigenvalue weighted by molar-refractivity contribution is 0.174. The van der Waals surface area contributed by atoms with Gasteiger partial charge in [0.1, 0.15) is 11.9 Å². The van der Waals surface area contributed by atoms with Crippen molar-refractivity contribution in [2.24, 2.45) is 0 Å². The lowest BCUT2D eigenvalue weighted by Crippen LogP contribution is -2.15. The summed E-state index contributed by atoms with van der Waals surface area (Å²) in [5.74, 6) is 2.73. The van der Waals surface area contributed by atoms with E-state index in [1.165, 1.54) is 7.11 Å². The molecule has 1 heterocycles. The zero-order chi connectivity index (χ0) is 16.4. The predicted molar refractivity (Wildman–Crippen MR) is 85.9 cm³/mol. The molecule has 0 aliphatic carbocycles. The molecule has 1 N–H and O–H groups in total. The van der Waals surface area contributed by atoms with Gasteiger partial charge in [0.15, 0.2) is 23.0 Å². The summed E-state index contributed by atoms with van der Waals surface area (Å²) in [5, 5.41) is 9.72. The fraction of sp³-hybridized carbons (Fsp3) is 0.333. The number of aromatic hydroxyl groups is 1. The van der Waals surface area contributed by atoms with Gasteiger partial charge < -0.3 is 24.1 Å². The highest BCUT2D eigenvalue weighted by Crippen LogP contribution is 2.42. The highest BCUT2D eigenvalue weighted by Gasteiger charge is 2.24. The molecule has 2 aromatic rings. The van der Waals surface area contributed by atoms with Crippen LogP contribution >= 0.6 is 0 Å². The Hall–Kier alpha value is -2.56. The summed E-state index contributed by atoms with van der Waals surface area (Å²) in [7, 11) is 4.77. The van der Waals surface area contributed by atoms with E-state index in [-0.39, 0.29) is 11.9 Å². The summed E-state index contributed by atoms with van der Waals surface area (Å²) in [4.78, 5) is 0. The molecular formula is C18H20O5. The van der Waals surface area contributed by atoms with Gasteiger partial charge >= 0.3 is 0 Å². The molecule has 0 aromatic heterocycles. The maximum absolute atomic E-state index is 9.72. The minimum absolute atomic E-state index is 0.0879. The van der Waals surface area contributed by atoms with Gasteiger partial charge in [0.05, 0.1) is 21.3 Å². The first kappa shape index (κ1) is 15.3. The molecular weight excluding hydrogens is 296 g/mol. The second-order valence-corrected chi connectivity index (χ2v) is 5.39. The smallest absolute Gasteiger partial charge is 0.164 e. The number of rotatable bonds is 4. The Balaban J connectivity index is 1.90. The van der Waals surface area contributed by atoms with Crippen molar-refractivity contribution in [2.45, 2.75) is 18.9 Å². The number of fused-ring (bicyclic) bond motifs is 1. The first-order valence-corrected chi connectivity index (χ1v) is 7.44. The van der Waals surface area contributed by atoms with E-state index in [9.17, 15) is 5.11 Å². The van der Waals surface area contributed by atoms with Crippen molar-refractivity contribution in [1.29, 1.82) is 0 Å². The summed E-state index contributed by atoms with van der Waals surface area (Å²) >= 11 is 0. The normalized spacial score (nSPS) is 16.2. The molecule has 0 unspecified atom stereocenters. The van der Waals surface area contributed by atoms with Crippen molar-refractivity contribution < 1.29 is 24.1 Å². The number of aryl methyl sites for hydroxylation is 1. The molecule has 0 fully saturated rings. The van der Waals surface area contributed by atoms with Gasteiger partial charge in [0.25, 0.3) is 0 Å². The molecule has 2 aromatic carbocycles. The Morgan fingerprint density at radius 1 is 0.957 bits per heavy atom. The maximum Gasteiger partial charge on any atom is 0.164 e. The van der Waals surface area contributed by atoms with Crippen molar-refractivity contribution in [1.82, 2.24) is 0 Å². The molecule has 1 aliphatic rings. The molecule has 1 atom stereocenters. The standard InChI is InChI=1S/C18H20O5/c1-20-16-8-11(4-6-13(16)19)14-7-5-12-9-17(21-2)18(22-3)10-15(12)23-14/h4,6,8-10,14,19H,5,7H2,1-3H3/t14-/m0/s1. The number of hydrogen-bond acceptors (Lipinski definition) is 5. The van der Waals surface area contributed by atoms with Crippen LogP contribution in [0.2, 0.25) is 0 Å². The number of phenols is 1. The van der Waals surface area contributed by atoms with Crippen molar-refractivity contribution >= 4 is 0 Å². The van der Waals surface area contributed by atoms with E-state index in [0.29, 0.717) is 17.2 Å². The lowest BCUT2D eigenvalue weighted by Gasteiger charge is -2.27. The molecule has 1 aliphatic heterocycles. The van der Waals surface area contributed by atoms with E-state index < -0.39 is 0 Å². The molecule has 0 spiro atoms. The third-order valence-corrected chi connectivity index (χ3v) is 4.09. The Kier molecular flexibility index (Phi) is 4.19. The second kappa shape index (κ2) is 6.28. The van der Waals surface area contributed by atoms with Gasteiger partial charge in [0, 0.05) is 6.07 Å². The molecule has 3 rings (SSSR count). The van der Waals surface area contributed by atoms with Crippen LogP contribution in [0.3, 0.4) is 0 Å². The number of phenolic OH excluding ortho intramolecular Hbond substituents is 1. The van der Waals surface area contributed by atoms with Gasteiger partial charge in [-0.1, -0.05) is 6.07 Å². The van der Waals surface area contributed by atoms with Gasteiger partial charge in [-0.05, 0) is 42.2 Å². The Labute approximate surface area is 135 Å². The summed E-state index contributed by atoms with van der Waals surface area (Å²) in [6, 6.07) is 9.11. The summed E-state index contributed by atoms with van der Waals surface area (Å²) in [5.41, 5.74) is 2.07. The van der Waals surface area contributed by atoms with Crippen LogP contribution in [-0.4, -0.2) is 26.4 Å². The highest BCUT2D eigenvalue weighted by molar-refractivity contribution is 5.52. The van der Waals surface area contributed by atoms with Crippen molar-refractivity contribution in [3.05, 3.63) is 41.5 Å². The van der Waals surface area contributed by atoms with Gasteiger partial charge in [-0.25, -0.2) is 0 Å². The number of ether oxygens (including phenoxy) is 4. The largest absolute Gasteiger partial charge is 0.504 e. The topological polar surface area (TPSA) is 57.2 Å². The molecule has 0 radical (unpaired) electrons. The van der Waals surface area contributed by atoms with Crippen LogP contribution < -0.4 is 18.9 Å². The number of methoxy groups -OCH3 is 3. The minimum Gasteiger partial charge on any atom is -0.504 e. The van der Waals surface area contributed by atoms with E-state index >= 15 is 0 Å². The zero-order valence-electron chi connectivity index (χ0n) is 13.5. The van der Waals surface area contributed by atoms with Crippen LogP contribution in [0.15, 0.2) is 30.3 Å². The highest BCUT2D eigenvalue weighted by atomic mass is 16.5. The summed E-state index contributed by atoms with van der Waals surface area (Å²) in [6.07, 6.45) is 1.63. The van der Waals surface area contributed by atoms with E-state index in [2.05, 4.69) is 0 Å². The maximum atomic E-state index is 9.72. The van der Waals surface area contributed by atoms with E-state index in [1.54, 1.807) is 20.3 Å². The van der Waals surface area contributed by atoms with Crippen LogP contribution in [0, 0.1) is 0 Å². The lowest BCUT2D eigenvalue weighted by atomic mass is 9.97. The van der Waals surface area contributed by atoms with E-state index in [0.717, 1.165) is 29.7 Å². The average molecular weight is 316 g/mol. The van der Waals surface area contributed by atoms with Crippen LogP contribution in [0.25, 0.3) is 0 Å². The van der Waals surface area contributed by atoms with Gasteiger partial charge in [-0.15, -0.1) is 0 Å². The van der Waals surface area contributed by atoms with Crippen molar-refractivity contribution in [2.75, 3.05) is 21.3 Å². The summed E-state index contributed by atoms with van der Waals surface area (Å²) in [6.45, 7) is 0. The van der Waals surface area contributed by atoms with Crippen LogP contribution in [0.5, 0.6) is 28.7 Å². The van der Waals surface area contributed by atoms with Crippen LogP contribution in [-0.2, 0) is 6.42 Å². The second-order valence-electron chi connectivity index (χ2n) is 5.39. The molecule has 0 saturated heterocycles. The summed E-state index contributed by atoms with van der Waals surface area (Å²) < 4.78 is 22.0. The Bertz CT molecular complexity index is 711. The fourth-order valence-corrected chi connectivity index (χ4v) is 2.84. The molecule has 122 valence electrons. The van der Waals surface area contributed by atoms with Crippen molar-refractivity contribution in [3.8, 4) is 28.7 Å². The van der Waals surface area contributed by atoms with Gasteiger partial charge in [-0.2, -0.15) is 0 Å². The molecule has 5 heteroatoms. The first-order chi connectivity index (χ1) is 11.2. The molecule has 0 saturated carbocycles. The van der Waals surface area contributed by atoms with E-state index in [1.807, 2.05) is 24.3 Å². The number of hydrogen-bond donors (Lipinski definition) is 1. The predicted octanol–water partition coefficient (Wildman–Crippen LogP) is 3.48. The van der Waals surface area contributed by atoms with Gasteiger partial charge in [-0.3, -0.25) is 0 Å². The Morgan fingerprint density at radius 2 is 1.65 bits per heavy atom. The average Bonchev–Trinajstić information content (AvgIpc) is 2.60. The monoisotopic (exact) mass is 316 g/mol. The van der Waals surface area contributed by atoms with E-state index in [4.69, 9.17) is 18.9 Å². The quantitative estimate of drug-likeness (QED) is 0.936. The molecule has 0 amide bonds. The van der Waals surface area contributed by atoms with Crippen molar-refractivity contribution in [3.63, 3.8) is 0 Å². The van der Waals surface area contributed by atoms with Gasteiger partial charge in [0.2, 0.25) is 0 Å². The minimum atomic E-state index is -0.0879. The fourth-order valence-electron chi connectivity index (χ4n) is 2.84. The van der Waals surface area contributed by atoms with Crippen LogP contribution in [0.4, 0.5) is 0 Å². The van der Waals surface area contributed by atoms with Crippen LogP contribution in [0.1, 0.15) is 23.7 Å². The molecule has 5 nitrogen and oxygen atoms in total. The SMILES string of the molecule is COc1cc([C@@H]2CCc3cc(OC)c(OC)cc3O2)ccc1O.